The second-order valence-corrected chi connectivity index (χ2v) is 14.5. The molecule has 0 aliphatic carbocycles. The number of thiol groups is 1. The monoisotopic (exact) mass is 283 g/mol. The van der Waals surface area contributed by atoms with E-state index in [0.29, 0.717) is 12.5 Å². The molecule has 0 unspecified atom stereocenters. The van der Waals surface area contributed by atoms with E-state index in [0.717, 1.165) is 12.0 Å². The van der Waals surface area contributed by atoms with Crippen molar-refractivity contribution < 1.29 is 9.47 Å². The predicted octanol–water partition coefficient (Wildman–Crippen LogP) is 3.32. The highest BCUT2D eigenvalue weighted by molar-refractivity contribution is 8.47. The Balaban J connectivity index is 2.69. The molecule has 3 nitrogen and oxygen atoms in total. The third kappa shape index (κ3) is 2.73. The van der Waals surface area contributed by atoms with Gasteiger partial charge < -0.3 is 9.47 Å². The van der Waals surface area contributed by atoms with E-state index in [1.807, 2.05) is 6.26 Å². The zero-order valence-electron chi connectivity index (χ0n) is 12.8. The van der Waals surface area contributed by atoms with Gasteiger partial charge in [0, 0.05) is 0 Å². The fourth-order valence-corrected chi connectivity index (χ4v) is 3.29. The van der Waals surface area contributed by atoms with Gasteiger partial charge in [-0.15, -0.1) is 0 Å². The Bertz CT molecular complexity index is 532. The number of rotatable bonds is 3. The first-order valence-corrected chi connectivity index (χ1v) is 10.7. The van der Waals surface area contributed by atoms with Gasteiger partial charge in [0.2, 0.25) is 5.88 Å². The lowest BCUT2D eigenvalue weighted by Gasteiger charge is -2.46. The quantitative estimate of drug-likeness (QED) is 0.863. The summed E-state index contributed by atoms with van der Waals surface area (Å²) in [6.07, 6.45) is 12.1. The van der Waals surface area contributed by atoms with E-state index in [2.05, 4.69) is 38.0 Å². The maximum atomic E-state index is 5.52. The van der Waals surface area contributed by atoms with Crippen molar-refractivity contribution in [2.24, 2.45) is 0 Å². The molecule has 0 radical (unpaired) electrons. The lowest BCUT2D eigenvalue weighted by Crippen LogP contribution is -2.16. The molecule has 0 saturated carbocycles. The van der Waals surface area contributed by atoms with Gasteiger partial charge in [-0.2, -0.15) is 0 Å². The molecular weight excluding hydrogens is 258 g/mol. The summed E-state index contributed by atoms with van der Waals surface area (Å²) < 4.78 is 11.0. The van der Waals surface area contributed by atoms with E-state index >= 15 is 0 Å². The number of fused-ring (bicyclic) bond motifs is 1. The summed E-state index contributed by atoms with van der Waals surface area (Å²) in [4.78, 5) is 4.74. The molecular formula is C15H25NO2S. The van der Waals surface area contributed by atoms with Crippen LogP contribution in [0.1, 0.15) is 24.5 Å². The molecule has 19 heavy (non-hydrogen) atoms. The van der Waals surface area contributed by atoms with Crippen LogP contribution in [0.15, 0.2) is 17.4 Å². The first kappa shape index (κ1) is 14.3. The van der Waals surface area contributed by atoms with Gasteiger partial charge in [0.15, 0.2) is 0 Å². The highest BCUT2D eigenvalue weighted by Gasteiger charge is 2.28. The van der Waals surface area contributed by atoms with Crippen LogP contribution < -0.4 is 4.74 Å². The zero-order valence-corrected chi connectivity index (χ0v) is 13.7. The Morgan fingerprint density at radius 3 is 2.53 bits per heavy atom. The van der Waals surface area contributed by atoms with Crippen molar-refractivity contribution in [3.05, 3.63) is 23.5 Å². The SMILES string of the molecule is CCC1=COCc2c1cc([SH](C)(C)(C)C)nc2OC. The van der Waals surface area contributed by atoms with E-state index in [-0.39, 0.29) is 0 Å². The molecule has 0 aromatic carbocycles. The Morgan fingerprint density at radius 2 is 2.00 bits per heavy atom. The summed E-state index contributed by atoms with van der Waals surface area (Å²) >= 11 is 0. The van der Waals surface area contributed by atoms with E-state index in [9.17, 15) is 0 Å². The third-order valence-corrected chi connectivity index (χ3v) is 5.42. The average Bonchev–Trinajstić information content (AvgIpc) is 2.34. The minimum absolute atomic E-state index is 0.548. The number of ether oxygens (including phenoxy) is 2. The summed E-state index contributed by atoms with van der Waals surface area (Å²) in [6, 6.07) is 2.24. The molecule has 1 aliphatic heterocycles. The van der Waals surface area contributed by atoms with Crippen LogP contribution in [0.3, 0.4) is 0 Å². The maximum absolute atomic E-state index is 5.52. The normalized spacial score (nSPS) is 16.7. The first-order valence-electron chi connectivity index (χ1n) is 6.63. The molecule has 2 heterocycles. The van der Waals surface area contributed by atoms with Gasteiger partial charge in [-0.25, -0.2) is 4.98 Å². The maximum Gasteiger partial charge on any atom is 0.221 e. The first-order chi connectivity index (χ1) is 8.73. The predicted molar refractivity (Wildman–Crippen MR) is 84.8 cm³/mol. The molecule has 1 aromatic heterocycles. The highest BCUT2D eigenvalue weighted by Crippen LogP contribution is 2.63. The van der Waals surface area contributed by atoms with Crippen LogP contribution in [0.5, 0.6) is 5.88 Å². The van der Waals surface area contributed by atoms with Crippen LogP contribution in [0.2, 0.25) is 0 Å². The van der Waals surface area contributed by atoms with Crippen molar-refractivity contribution in [2.45, 2.75) is 25.0 Å². The fourth-order valence-electron chi connectivity index (χ4n) is 2.15. The van der Waals surface area contributed by atoms with Crippen LogP contribution in [-0.4, -0.2) is 37.1 Å². The van der Waals surface area contributed by atoms with Crippen LogP contribution in [0, 0.1) is 0 Å². The molecule has 1 aromatic rings. The summed E-state index contributed by atoms with van der Waals surface area (Å²) in [5, 5.41) is 1.17. The summed E-state index contributed by atoms with van der Waals surface area (Å²) in [6.45, 7) is 2.69. The van der Waals surface area contributed by atoms with Gasteiger partial charge in [0.25, 0.3) is 0 Å². The van der Waals surface area contributed by atoms with Gasteiger partial charge in [0.1, 0.15) is 6.61 Å². The number of methoxy groups -OCH3 is 1. The molecule has 108 valence electrons. The van der Waals surface area contributed by atoms with Crippen molar-refractivity contribution >= 4 is 14.7 Å². The Hall–Kier alpha value is -1.16. The second-order valence-electron chi connectivity index (χ2n) is 6.90. The molecule has 0 N–H and O–H groups in total. The number of pyridine rings is 1. The van der Waals surface area contributed by atoms with Crippen molar-refractivity contribution in [3.63, 3.8) is 0 Å². The number of hydrogen-bond donors (Lipinski definition) is 1. The minimum atomic E-state index is -1.91. The number of allylic oxidation sites excluding steroid dienone is 1. The van der Waals surface area contributed by atoms with Crippen molar-refractivity contribution in [1.29, 1.82) is 0 Å². The van der Waals surface area contributed by atoms with Crippen molar-refractivity contribution in [3.8, 4) is 5.88 Å². The molecule has 0 spiro atoms. The standard InChI is InChI=1S/C15H25NO2S/c1-7-11-9-18-10-13-12(11)8-14(16-15(13)17-2)19(3,4,5)6/h8-9,19H,7,10H2,1-6H3. The summed E-state index contributed by atoms with van der Waals surface area (Å²) in [5.41, 5.74) is 3.55. The van der Waals surface area contributed by atoms with Crippen molar-refractivity contribution in [1.82, 2.24) is 4.98 Å². The zero-order chi connectivity index (χ0) is 14.3. The van der Waals surface area contributed by atoms with E-state index < -0.39 is 9.16 Å². The highest BCUT2D eigenvalue weighted by atomic mass is 32.3. The average molecular weight is 283 g/mol. The van der Waals surface area contributed by atoms with Crippen molar-refractivity contribution in [2.75, 3.05) is 32.1 Å². The molecule has 0 amide bonds. The van der Waals surface area contributed by atoms with E-state index in [1.165, 1.54) is 16.2 Å². The van der Waals surface area contributed by atoms with E-state index in [1.54, 1.807) is 7.11 Å². The molecule has 1 aliphatic rings. The lowest BCUT2D eigenvalue weighted by atomic mass is 9.99. The van der Waals surface area contributed by atoms with Crippen LogP contribution in [-0.2, 0) is 11.3 Å². The fraction of sp³-hybridized carbons (Fsp3) is 0.533. The van der Waals surface area contributed by atoms with Crippen LogP contribution >= 0.6 is 9.16 Å². The van der Waals surface area contributed by atoms with Gasteiger partial charge in [0.05, 0.1) is 24.0 Å². The Kier molecular flexibility index (Phi) is 3.33. The lowest BCUT2D eigenvalue weighted by molar-refractivity contribution is 0.225. The number of nitrogens with zero attached hydrogens (tertiary/aromatic N) is 1. The molecule has 2 rings (SSSR count). The largest absolute Gasteiger partial charge is 0.496 e. The number of hydrogen-bond acceptors (Lipinski definition) is 3. The molecule has 0 fully saturated rings. The molecule has 0 saturated heterocycles. The third-order valence-electron chi connectivity index (χ3n) is 3.36. The molecule has 0 bridgehead atoms. The van der Waals surface area contributed by atoms with Gasteiger partial charge in [-0.3, -0.25) is 9.16 Å². The minimum Gasteiger partial charge on any atom is -0.496 e. The van der Waals surface area contributed by atoms with Gasteiger partial charge >= 0.3 is 0 Å². The summed E-state index contributed by atoms with van der Waals surface area (Å²) in [5.74, 6) is 0.716. The smallest absolute Gasteiger partial charge is 0.221 e. The Labute approximate surface area is 116 Å². The van der Waals surface area contributed by atoms with E-state index in [4.69, 9.17) is 14.5 Å². The Morgan fingerprint density at radius 1 is 1.32 bits per heavy atom. The topological polar surface area (TPSA) is 31.4 Å². The van der Waals surface area contributed by atoms with Gasteiger partial charge in [-0.1, -0.05) is 6.92 Å². The van der Waals surface area contributed by atoms with Crippen LogP contribution in [0.25, 0.3) is 5.57 Å². The molecule has 4 heteroatoms. The van der Waals surface area contributed by atoms with Gasteiger partial charge in [-0.05, 0) is 48.6 Å². The molecule has 0 atom stereocenters. The number of aromatic nitrogens is 1. The summed E-state index contributed by atoms with van der Waals surface area (Å²) in [7, 11) is -0.229. The van der Waals surface area contributed by atoms with Crippen LogP contribution in [0.4, 0.5) is 0 Å². The second kappa shape index (κ2) is 4.44.